The van der Waals surface area contributed by atoms with Crippen molar-refractivity contribution in [3.63, 3.8) is 0 Å². The first kappa shape index (κ1) is 22.4. The molecule has 1 fully saturated rings. The molecule has 1 heterocycles. The maximum atomic E-state index is 12.3. The molecule has 2 amide bonds. The Balaban J connectivity index is 2.63. The lowest BCUT2D eigenvalue weighted by molar-refractivity contribution is -0.202. The van der Waals surface area contributed by atoms with Crippen molar-refractivity contribution in [1.29, 1.82) is 0 Å². The van der Waals surface area contributed by atoms with Gasteiger partial charge in [0.05, 0.1) is 18.5 Å². The predicted molar refractivity (Wildman–Crippen MR) is 74.7 cm³/mol. The van der Waals surface area contributed by atoms with Gasteiger partial charge in [0, 0.05) is 13.0 Å². The van der Waals surface area contributed by atoms with Gasteiger partial charge >= 0.3 is 12.4 Å². The van der Waals surface area contributed by atoms with Crippen LogP contribution in [0.25, 0.3) is 0 Å². The summed E-state index contributed by atoms with van der Waals surface area (Å²) in [6.07, 6.45) is -15.9. The fourth-order valence-corrected chi connectivity index (χ4v) is 2.36. The maximum absolute atomic E-state index is 12.3. The third kappa shape index (κ3) is 6.29. The van der Waals surface area contributed by atoms with E-state index in [4.69, 9.17) is 10.2 Å². The minimum absolute atomic E-state index is 0.0657. The van der Waals surface area contributed by atoms with Crippen LogP contribution in [0.2, 0.25) is 0 Å². The van der Waals surface area contributed by atoms with Gasteiger partial charge in [0.1, 0.15) is 0 Å². The molecule has 152 valence electrons. The highest BCUT2D eigenvalue weighted by Gasteiger charge is 2.45. The molecule has 0 radical (unpaired) electrons. The molecule has 7 nitrogen and oxygen atoms in total. The zero-order valence-electron chi connectivity index (χ0n) is 13.4. The van der Waals surface area contributed by atoms with Gasteiger partial charge in [0.25, 0.3) is 0 Å². The summed E-state index contributed by atoms with van der Waals surface area (Å²) in [7, 11) is 0. The molecule has 0 aliphatic carbocycles. The van der Waals surface area contributed by atoms with Crippen molar-refractivity contribution < 1.29 is 46.1 Å². The summed E-state index contributed by atoms with van der Waals surface area (Å²) in [5.74, 6) is -1.90. The summed E-state index contributed by atoms with van der Waals surface area (Å²) in [5, 5.41) is 24.2. The molecular weight excluding hydrogens is 376 g/mol. The predicted octanol–water partition coefficient (Wildman–Crippen LogP) is -0.565. The van der Waals surface area contributed by atoms with Gasteiger partial charge in [-0.15, -0.1) is 0 Å². The van der Waals surface area contributed by atoms with Gasteiger partial charge in [0.2, 0.25) is 11.8 Å². The van der Waals surface area contributed by atoms with Gasteiger partial charge in [-0.3, -0.25) is 9.59 Å². The molecule has 0 aromatic heterocycles. The van der Waals surface area contributed by atoms with Crippen LogP contribution in [-0.2, 0) is 9.59 Å². The van der Waals surface area contributed by atoms with Crippen LogP contribution in [0.15, 0.2) is 0 Å². The van der Waals surface area contributed by atoms with Crippen LogP contribution < -0.4 is 16.0 Å². The fraction of sp³-hybridized carbons (Fsp3) is 0.846. The summed E-state index contributed by atoms with van der Waals surface area (Å²) in [6.45, 7) is -2.03. The summed E-state index contributed by atoms with van der Waals surface area (Å²) in [4.78, 5) is 24.0. The Labute approximate surface area is 144 Å². The molecule has 0 aromatic rings. The average Bonchev–Trinajstić information content (AvgIpc) is 2.97. The second-order valence-electron chi connectivity index (χ2n) is 6.01. The van der Waals surface area contributed by atoms with Crippen LogP contribution in [0.5, 0.6) is 0 Å². The third-order valence-electron chi connectivity index (χ3n) is 3.93. The Morgan fingerprint density at radius 1 is 1.00 bits per heavy atom. The number of alkyl halides is 6. The van der Waals surface area contributed by atoms with E-state index in [-0.39, 0.29) is 19.5 Å². The van der Waals surface area contributed by atoms with Crippen molar-refractivity contribution >= 4 is 11.8 Å². The van der Waals surface area contributed by atoms with E-state index in [1.807, 2.05) is 10.6 Å². The number of rotatable bonds is 7. The Kier molecular flexibility index (Phi) is 7.24. The Bertz CT molecular complexity index is 505. The Morgan fingerprint density at radius 2 is 1.50 bits per heavy atom. The molecule has 0 bridgehead atoms. The van der Waals surface area contributed by atoms with Crippen molar-refractivity contribution in [1.82, 2.24) is 16.0 Å². The molecule has 0 aromatic carbocycles. The normalized spacial score (nSPS) is 23.4. The standard InChI is InChI=1S/C13H19F6N3O4/c14-12(15,16)7(23)4-21-9(25)3-11(1-2-20-6-11)10(26)22-5-8(24)13(17,18)19/h7-8,20,23-24H,1-6H2,(H,21,25)(H,22,26). The summed E-state index contributed by atoms with van der Waals surface area (Å²) in [6, 6.07) is 0. The minimum atomic E-state index is -4.93. The van der Waals surface area contributed by atoms with Crippen LogP contribution >= 0.6 is 0 Å². The van der Waals surface area contributed by atoms with Gasteiger partial charge in [-0.05, 0) is 13.0 Å². The Morgan fingerprint density at radius 3 is 1.92 bits per heavy atom. The van der Waals surface area contributed by atoms with Gasteiger partial charge in [-0.1, -0.05) is 0 Å². The molecule has 0 spiro atoms. The second-order valence-corrected chi connectivity index (χ2v) is 6.01. The number of nitrogens with one attached hydrogen (secondary N) is 3. The monoisotopic (exact) mass is 395 g/mol. The van der Waals surface area contributed by atoms with E-state index in [1.54, 1.807) is 0 Å². The molecular formula is C13H19F6N3O4. The molecule has 1 aliphatic rings. The molecule has 3 unspecified atom stereocenters. The van der Waals surface area contributed by atoms with E-state index >= 15 is 0 Å². The molecule has 26 heavy (non-hydrogen) atoms. The highest BCUT2D eigenvalue weighted by atomic mass is 19.4. The van der Waals surface area contributed by atoms with Crippen LogP contribution in [-0.4, -0.2) is 72.8 Å². The van der Waals surface area contributed by atoms with Gasteiger partial charge in [0.15, 0.2) is 12.2 Å². The number of aliphatic hydroxyl groups excluding tert-OH is 2. The largest absolute Gasteiger partial charge is 0.416 e. The summed E-state index contributed by atoms with van der Waals surface area (Å²) in [5.41, 5.74) is -1.46. The third-order valence-corrected chi connectivity index (χ3v) is 3.93. The fourth-order valence-electron chi connectivity index (χ4n) is 2.36. The summed E-state index contributed by atoms with van der Waals surface area (Å²) >= 11 is 0. The first-order valence-electron chi connectivity index (χ1n) is 7.53. The number of hydrogen-bond acceptors (Lipinski definition) is 5. The molecule has 1 saturated heterocycles. The van der Waals surface area contributed by atoms with E-state index in [0.29, 0.717) is 0 Å². The number of aliphatic hydroxyl groups is 2. The second kappa shape index (κ2) is 8.39. The first-order valence-corrected chi connectivity index (χ1v) is 7.53. The minimum Gasteiger partial charge on any atom is -0.382 e. The number of amides is 2. The number of hydrogen-bond donors (Lipinski definition) is 5. The van der Waals surface area contributed by atoms with Gasteiger partial charge in [-0.2, -0.15) is 26.3 Å². The van der Waals surface area contributed by atoms with E-state index < -0.39 is 61.3 Å². The van der Waals surface area contributed by atoms with Gasteiger partial charge < -0.3 is 26.2 Å². The lowest BCUT2D eigenvalue weighted by atomic mass is 9.82. The first-order chi connectivity index (χ1) is 11.8. The zero-order valence-corrected chi connectivity index (χ0v) is 13.4. The molecule has 1 aliphatic heterocycles. The van der Waals surface area contributed by atoms with E-state index in [0.717, 1.165) is 0 Å². The maximum Gasteiger partial charge on any atom is 0.416 e. The number of carbonyl (C=O) groups is 2. The van der Waals surface area contributed by atoms with E-state index in [2.05, 4.69) is 5.32 Å². The molecule has 0 saturated carbocycles. The number of carbonyl (C=O) groups excluding carboxylic acids is 2. The highest BCUT2D eigenvalue weighted by Crippen LogP contribution is 2.30. The van der Waals surface area contributed by atoms with Gasteiger partial charge in [-0.25, -0.2) is 0 Å². The van der Waals surface area contributed by atoms with Crippen LogP contribution in [0.3, 0.4) is 0 Å². The molecule has 1 rings (SSSR count). The van der Waals surface area contributed by atoms with Crippen molar-refractivity contribution in [2.45, 2.75) is 37.4 Å². The lowest BCUT2D eigenvalue weighted by Gasteiger charge is -2.27. The van der Waals surface area contributed by atoms with Crippen LogP contribution in [0.1, 0.15) is 12.8 Å². The smallest absolute Gasteiger partial charge is 0.382 e. The van der Waals surface area contributed by atoms with E-state index in [9.17, 15) is 35.9 Å². The van der Waals surface area contributed by atoms with Crippen molar-refractivity contribution in [2.75, 3.05) is 26.2 Å². The van der Waals surface area contributed by atoms with Crippen LogP contribution in [0, 0.1) is 5.41 Å². The highest BCUT2D eigenvalue weighted by molar-refractivity contribution is 5.89. The Hall–Kier alpha value is -1.60. The van der Waals surface area contributed by atoms with E-state index in [1.165, 1.54) is 0 Å². The van der Waals surface area contributed by atoms with Crippen molar-refractivity contribution in [2.24, 2.45) is 5.41 Å². The van der Waals surface area contributed by atoms with Crippen molar-refractivity contribution in [3.8, 4) is 0 Å². The lowest BCUT2D eigenvalue weighted by Crippen LogP contribution is -2.50. The zero-order chi connectivity index (χ0) is 20.2. The van der Waals surface area contributed by atoms with Crippen LogP contribution in [0.4, 0.5) is 26.3 Å². The van der Waals surface area contributed by atoms with Crippen molar-refractivity contribution in [3.05, 3.63) is 0 Å². The molecule has 5 N–H and O–H groups in total. The average molecular weight is 395 g/mol. The number of halogens is 6. The topological polar surface area (TPSA) is 111 Å². The SMILES string of the molecule is O=C(CC1(C(=O)NCC(O)C(F)(F)F)CCNC1)NCC(O)C(F)(F)F. The molecule has 3 atom stereocenters. The summed E-state index contributed by atoms with van der Waals surface area (Å²) < 4.78 is 73.4. The quantitative estimate of drug-likeness (QED) is 0.371. The molecule has 13 heteroatoms.